The highest BCUT2D eigenvalue weighted by molar-refractivity contribution is 14.1. The third-order valence-electron chi connectivity index (χ3n) is 1.24. The van der Waals surface area contributed by atoms with Crippen molar-refractivity contribution in [1.82, 2.24) is 8.75 Å². The highest BCUT2D eigenvalue weighted by atomic mass is 127. The van der Waals surface area contributed by atoms with Crippen LogP contribution in [0.4, 0.5) is 0 Å². The van der Waals surface area contributed by atoms with E-state index < -0.39 is 0 Å². The number of aromatic nitrogens is 2. The minimum Gasteiger partial charge on any atom is -0.173 e. The Kier molecular flexibility index (Phi) is 1.57. The van der Waals surface area contributed by atoms with E-state index >= 15 is 0 Å². The van der Waals surface area contributed by atoms with Crippen molar-refractivity contribution in [1.29, 1.82) is 0 Å². The van der Waals surface area contributed by atoms with Crippen LogP contribution in [-0.4, -0.2) is 8.75 Å². The molecular weight excluding hydrogens is 259 g/mol. The number of hydrogen-bond donors (Lipinski definition) is 0. The van der Waals surface area contributed by atoms with Gasteiger partial charge in [-0.2, -0.15) is 8.75 Å². The molecule has 1 aromatic carbocycles. The van der Waals surface area contributed by atoms with Crippen molar-refractivity contribution in [2.24, 2.45) is 0 Å². The quantitative estimate of drug-likeness (QED) is 0.681. The second-order valence-electron chi connectivity index (χ2n) is 1.87. The van der Waals surface area contributed by atoms with Crippen LogP contribution in [0.2, 0.25) is 0 Å². The zero-order valence-corrected chi connectivity index (χ0v) is 7.89. The fourth-order valence-electron chi connectivity index (χ4n) is 0.773. The topological polar surface area (TPSA) is 25.8 Å². The number of hydrogen-bond acceptors (Lipinski definition) is 3. The molecule has 0 unspecified atom stereocenters. The van der Waals surface area contributed by atoms with Gasteiger partial charge < -0.3 is 0 Å². The van der Waals surface area contributed by atoms with Crippen LogP contribution in [0.3, 0.4) is 0 Å². The van der Waals surface area contributed by atoms with Crippen molar-refractivity contribution in [2.45, 2.75) is 0 Å². The molecule has 0 bridgehead atoms. The predicted octanol–water partition coefficient (Wildman–Crippen LogP) is 2.30. The van der Waals surface area contributed by atoms with Gasteiger partial charge in [0.1, 0.15) is 11.0 Å². The molecule has 1 aromatic heterocycles. The van der Waals surface area contributed by atoms with E-state index in [-0.39, 0.29) is 0 Å². The standard InChI is InChI=1S/C6H3IN2S/c7-4-2-1-3-5-6(4)9-10-8-5/h1-3H. The SMILES string of the molecule is Ic1cccc2nsnc12. The number of nitrogens with zero attached hydrogens (tertiary/aromatic N) is 2. The first-order valence-electron chi connectivity index (χ1n) is 2.75. The Hall–Kier alpha value is -0.230. The summed E-state index contributed by atoms with van der Waals surface area (Å²) in [6.45, 7) is 0. The van der Waals surface area contributed by atoms with Crippen molar-refractivity contribution in [3.63, 3.8) is 0 Å². The molecule has 0 radical (unpaired) electrons. The van der Waals surface area contributed by atoms with Gasteiger partial charge in [-0.05, 0) is 34.7 Å². The molecule has 0 aliphatic heterocycles. The van der Waals surface area contributed by atoms with Crippen LogP contribution in [0.15, 0.2) is 18.2 Å². The van der Waals surface area contributed by atoms with E-state index in [1.165, 1.54) is 15.3 Å². The first kappa shape index (κ1) is 6.48. The molecule has 0 fully saturated rings. The minimum absolute atomic E-state index is 0.997. The van der Waals surface area contributed by atoms with Crippen LogP contribution < -0.4 is 0 Å². The van der Waals surface area contributed by atoms with E-state index in [1.54, 1.807) is 0 Å². The molecule has 0 saturated carbocycles. The zero-order chi connectivity index (χ0) is 6.97. The molecule has 2 rings (SSSR count). The van der Waals surface area contributed by atoms with Gasteiger partial charge in [0, 0.05) is 3.57 Å². The van der Waals surface area contributed by atoms with Gasteiger partial charge in [0.25, 0.3) is 0 Å². The summed E-state index contributed by atoms with van der Waals surface area (Å²) in [6.07, 6.45) is 0. The van der Waals surface area contributed by atoms with Gasteiger partial charge in [0.15, 0.2) is 0 Å². The van der Waals surface area contributed by atoms with Gasteiger partial charge >= 0.3 is 0 Å². The largest absolute Gasteiger partial charge is 0.173 e. The maximum Gasteiger partial charge on any atom is 0.118 e. The number of halogens is 1. The Morgan fingerprint density at radius 3 is 3.00 bits per heavy atom. The van der Waals surface area contributed by atoms with E-state index in [0.29, 0.717) is 0 Å². The fraction of sp³-hybridized carbons (Fsp3) is 0. The second kappa shape index (κ2) is 2.43. The minimum atomic E-state index is 0.997. The molecule has 10 heavy (non-hydrogen) atoms. The first-order valence-corrected chi connectivity index (χ1v) is 4.55. The Morgan fingerprint density at radius 1 is 1.30 bits per heavy atom. The van der Waals surface area contributed by atoms with E-state index in [9.17, 15) is 0 Å². The van der Waals surface area contributed by atoms with Gasteiger partial charge in [-0.25, -0.2) is 0 Å². The van der Waals surface area contributed by atoms with Crippen molar-refractivity contribution in [3.05, 3.63) is 21.8 Å². The lowest BCUT2D eigenvalue weighted by molar-refractivity contribution is 1.61. The molecule has 0 N–H and O–H groups in total. The van der Waals surface area contributed by atoms with Gasteiger partial charge in [0.2, 0.25) is 0 Å². The molecular formula is C6H3IN2S. The van der Waals surface area contributed by atoms with Crippen LogP contribution in [0.5, 0.6) is 0 Å². The third kappa shape index (κ3) is 0.911. The molecule has 1 heterocycles. The molecule has 2 nitrogen and oxygen atoms in total. The lowest BCUT2D eigenvalue weighted by Crippen LogP contribution is -1.72. The molecule has 0 saturated heterocycles. The molecule has 2 aromatic rings. The Bertz CT molecular complexity index is 357. The number of benzene rings is 1. The molecule has 50 valence electrons. The Morgan fingerprint density at radius 2 is 2.20 bits per heavy atom. The predicted molar refractivity (Wildman–Crippen MR) is 50.1 cm³/mol. The highest BCUT2D eigenvalue weighted by Crippen LogP contribution is 2.17. The summed E-state index contributed by atoms with van der Waals surface area (Å²) < 4.78 is 9.42. The summed E-state index contributed by atoms with van der Waals surface area (Å²) in [5.74, 6) is 0. The highest BCUT2D eigenvalue weighted by Gasteiger charge is 1.99. The maximum atomic E-state index is 4.14. The summed E-state index contributed by atoms with van der Waals surface area (Å²) in [4.78, 5) is 0. The van der Waals surface area contributed by atoms with Crippen molar-refractivity contribution in [2.75, 3.05) is 0 Å². The lowest BCUT2D eigenvalue weighted by Gasteiger charge is -1.86. The first-order chi connectivity index (χ1) is 4.88. The second-order valence-corrected chi connectivity index (χ2v) is 3.56. The fourth-order valence-corrected chi connectivity index (χ4v) is 2.09. The van der Waals surface area contributed by atoms with Crippen molar-refractivity contribution >= 4 is 45.4 Å². The van der Waals surface area contributed by atoms with Gasteiger partial charge in [0.05, 0.1) is 11.7 Å². The average molecular weight is 262 g/mol. The summed E-state index contributed by atoms with van der Waals surface area (Å²) in [5, 5.41) is 0. The van der Waals surface area contributed by atoms with Crippen LogP contribution in [0.1, 0.15) is 0 Å². The normalized spacial score (nSPS) is 10.5. The molecule has 0 aliphatic carbocycles. The Labute approximate surface area is 75.7 Å². The summed E-state index contributed by atoms with van der Waals surface area (Å²) in [7, 11) is 0. The molecule has 4 heteroatoms. The van der Waals surface area contributed by atoms with Crippen LogP contribution in [0.25, 0.3) is 11.0 Å². The average Bonchev–Trinajstić information content (AvgIpc) is 2.36. The van der Waals surface area contributed by atoms with Crippen molar-refractivity contribution < 1.29 is 0 Å². The van der Waals surface area contributed by atoms with E-state index in [2.05, 4.69) is 31.3 Å². The van der Waals surface area contributed by atoms with E-state index in [1.807, 2.05) is 18.2 Å². The Balaban J connectivity index is 2.95. The number of fused-ring (bicyclic) bond motifs is 1. The molecule has 0 atom stereocenters. The van der Waals surface area contributed by atoms with Crippen LogP contribution in [0, 0.1) is 3.57 Å². The third-order valence-corrected chi connectivity index (χ3v) is 2.65. The molecule has 0 aliphatic rings. The monoisotopic (exact) mass is 262 g/mol. The van der Waals surface area contributed by atoms with E-state index in [4.69, 9.17) is 0 Å². The smallest absolute Gasteiger partial charge is 0.118 e. The van der Waals surface area contributed by atoms with Crippen molar-refractivity contribution in [3.8, 4) is 0 Å². The molecule has 0 spiro atoms. The van der Waals surface area contributed by atoms with Crippen LogP contribution >= 0.6 is 34.3 Å². The van der Waals surface area contributed by atoms with Gasteiger partial charge in [-0.1, -0.05) is 6.07 Å². The maximum absolute atomic E-state index is 4.14. The van der Waals surface area contributed by atoms with Gasteiger partial charge in [-0.15, -0.1) is 0 Å². The zero-order valence-electron chi connectivity index (χ0n) is 4.91. The molecule has 0 amide bonds. The van der Waals surface area contributed by atoms with Crippen LogP contribution in [-0.2, 0) is 0 Å². The van der Waals surface area contributed by atoms with E-state index in [0.717, 1.165) is 11.0 Å². The summed E-state index contributed by atoms with van der Waals surface area (Å²) >= 11 is 3.52. The number of rotatable bonds is 0. The van der Waals surface area contributed by atoms with Gasteiger partial charge in [-0.3, -0.25) is 0 Å². The summed E-state index contributed by atoms with van der Waals surface area (Å²) in [5.41, 5.74) is 2.02. The summed E-state index contributed by atoms with van der Waals surface area (Å²) in [6, 6.07) is 6.00. The lowest BCUT2D eigenvalue weighted by atomic mass is 10.3.